The van der Waals surface area contributed by atoms with Gasteiger partial charge in [0.05, 0.1) is 5.56 Å². The van der Waals surface area contributed by atoms with E-state index in [9.17, 15) is 0 Å². The van der Waals surface area contributed by atoms with Gasteiger partial charge in [-0.05, 0) is 55.5 Å². The van der Waals surface area contributed by atoms with E-state index in [1.54, 1.807) is 22.7 Å². The summed E-state index contributed by atoms with van der Waals surface area (Å²) in [5.74, 6) is 4.22. The van der Waals surface area contributed by atoms with Crippen LogP contribution in [0.2, 0.25) is 0 Å². The molecule has 0 spiro atoms. The lowest BCUT2D eigenvalue weighted by Gasteiger charge is -2.18. The predicted molar refractivity (Wildman–Crippen MR) is 149 cm³/mol. The summed E-state index contributed by atoms with van der Waals surface area (Å²) in [6.45, 7) is 2.14. The van der Waals surface area contributed by atoms with Crippen LogP contribution in [0.25, 0.3) is 19.8 Å². The first-order valence-electron chi connectivity index (χ1n) is 11.6. The number of hydrogen-bond donors (Lipinski definition) is 0. The average Bonchev–Trinajstić information content (AvgIpc) is 3.43. The van der Waals surface area contributed by atoms with Gasteiger partial charge in [-0.25, -0.2) is 0 Å². The Morgan fingerprint density at radius 3 is 1.44 bits per heavy atom. The molecular weight excluding hydrogens is 484 g/mol. The summed E-state index contributed by atoms with van der Waals surface area (Å²) in [6.07, 6.45) is 0. The number of fused-ring (bicyclic) bond motifs is 1. The standard InChI is InChI=1S/C31H22O3S2/c1-21-17-28-29(35-21)20-30(36-28)31-26(33-23-13-7-3-8-14-23)18-25(32-22-11-5-2-6-12-22)19-27(31)34-24-15-9-4-10-16-24/h2-20H,1H3. The van der Waals surface area contributed by atoms with Gasteiger partial charge in [0, 0.05) is 31.3 Å². The van der Waals surface area contributed by atoms with Crippen molar-refractivity contribution >= 4 is 32.1 Å². The molecule has 0 radical (unpaired) electrons. The van der Waals surface area contributed by atoms with Crippen molar-refractivity contribution < 1.29 is 14.2 Å². The van der Waals surface area contributed by atoms with Crippen molar-refractivity contribution in [3.05, 3.63) is 120 Å². The molecule has 2 aromatic heterocycles. The van der Waals surface area contributed by atoms with Crippen LogP contribution in [0.3, 0.4) is 0 Å². The Morgan fingerprint density at radius 2 is 0.944 bits per heavy atom. The third-order valence-corrected chi connectivity index (χ3v) is 7.76. The van der Waals surface area contributed by atoms with Gasteiger partial charge in [0.2, 0.25) is 0 Å². The highest BCUT2D eigenvalue weighted by Gasteiger charge is 2.21. The van der Waals surface area contributed by atoms with Crippen molar-refractivity contribution in [1.82, 2.24) is 0 Å². The molecule has 2 heterocycles. The second-order valence-electron chi connectivity index (χ2n) is 8.24. The third kappa shape index (κ3) is 4.85. The minimum Gasteiger partial charge on any atom is -0.457 e. The number of ether oxygens (including phenoxy) is 3. The SMILES string of the molecule is Cc1cc2sc(-c3c(Oc4ccccc4)cc(Oc4ccccc4)cc3Oc3ccccc3)cc2s1. The van der Waals surface area contributed by atoms with E-state index < -0.39 is 0 Å². The molecule has 36 heavy (non-hydrogen) atoms. The highest BCUT2D eigenvalue weighted by molar-refractivity contribution is 7.29. The second-order valence-corrected chi connectivity index (χ2v) is 10.6. The zero-order valence-corrected chi connectivity index (χ0v) is 21.1. The summed E-state index contributed by atoms with van der Waals surface area (Å²) in [6, 6.07) is 37.6. The molecular formula is C31H22O3S2. The van der Waals surface area contributed by atoms with E-state index in [1.165, 1.54) is 14.3 Å². The lowest BCUT2D eigenvalue weighted by Crippen LogP contribution is -1.94. The van der Waals surface area contributed by atoms with Crippen LogP contribution in [-0.2, 0) is 0 Å². The lowest BCUT2D eigenvalue weighted by molar-refractivity contribution is 0.442. The van der Waals surface area contributed by atoms with Crippen LogP contribution < -0.4 is 14.2 Å². The van der Waals surface area contributed by atoms with Gasteiger partial charge in [-0.1, -0.05) is 54.6 Å². The normalized spacial score (nSPS) is 10.9. The van der Waals surface area contributed by atoms with Gasteiger partial charge in [0.1, 0.15) is 34.5 Å². The molecule has 0 N–H and O–H groups in total. The maximum absolute atomic E-state index is 6.47. The fourth-order valence-electron chi connectivity index (χ4n) is 3.96. The largest absolute Gasteiger partial charge is 0.457 e. The molecule has 0 fully saturated rings. The molecule has 6 rings (SSSR count). The van der Waals surface area contributed by atoms with E-state index in [0.717, 1.165) is 27.7 Å². The highest BCUT2D eigenvalue weighted by Crippen LogP contribution is 2.50. The number of rotatable bonds is 7. The van der Waals surface area contributed by atoms with E-state index in [1.807, 2.05) is 103 Å². The van der Waals surface area contributed by atoms with Crippen LogP contribution in [-0.4, -0.2) is 0 Å². The Labute approximate surface area is 217 Å². The number of para-hydroxylation sites is 3. The van der Waals surface area contributed by atoms with Crippen LogP contribution >= 0.6 is 22.7 Å². The molecule has 5 heteroatoms. The first kappa shape index (κ1) is 22.4. The van der Waals surface area contributed by atoms with Gasteiger partial charge >= 0.3 is 0 Å². The second kappa shape index (κ2) is 9.90. The van der Waals surface area contributed by atoms with Gasteiger partial charge < -0.3 is 14.2 Å². The van der Waals surface area contributed by atoms with Crippen molar-refractivity contribution in [3.63, 3.8) is 0 Å². The Kier molecular flexibility index (Phi) is 6.16. The zero-order valence-electron chi connectivity index (χ0n) is 19.5. The summed E-state index contributed by atoms with van der Waals surface area (Å²) in [5, 5.41) is 0. The molecule has 0 atom stereocenters. The van der Waals surface area contributed by atoms with Crippen molar-refractivity contribution in [1.29, 1.82) is 0 Å². The van der Waals surface area contributed by atoms with Crippen molar-refractivity contribution in [2.24, 2.45) is 0 Å². The molecule has 176 valence electrons. The van der Waals surface area contributed by atoms with Crippen LogP contribution in [0.15, 0.2) is 115 Å². The fraction of sp³-hybridized carbons (Fsp3) is 0.0323. The highest BCUT2D eigenvalue weighted by atomic mass is 32.1. The Balaban J connectivity index is 1.53. The molecule has 6 aromatic rings. The summed E-state index contributed by atoms with van der Waals surface area (Å²) < 4.78 is 21.7. The maximum atomic E-state index is 6.47. The number of aryl methyl sites for hydroxylation is 1. The summed E-state index contributed by atoms with van der Waals surface area (Å²) in [5.41, 5.74) is 0.897. The minimum absolute atomic E-state index is 0.635. The van der Waals surface area contributed by atoms with E-state index in [0.29, 0.717) is 17.2 Å². The van der Waals surface area contributed by atoms with E-state index >= 15 is 0 Å². The van der Waals surface area contributed by atoms with Crippen LogP contribution in [0.5, 0.6) is 34.5 Å². The molecule has 0 saturated carbocycles. The van der Waals surface area contributed by atoms with Crippen LogP contribution in [0.1, 0.15) is 4.88 Å². The molecule has 0 aliphatic rings. The number of thiophene rings is 2. The van der Waals surface area contributed by atoms with E-state index in [-0.39, 0.29) is 0 Å². The topological polar surface area (TPSA) is 27.7 Å². The molecule has 0 unspecified atom stereocenters. The van der Waals surface area contributed by atoms with Crippen molar-refractivity contribution in [2.75, 3.05) is 0 Å². The van der Waals surface area contributed by atoms with Gasteiger partial charge in [0.25, 0.3) is 0 Å². The van der Waals surface area contributed by atoms with Gasteiger partial charge in [0.15, 0.2) is 0 Å². The zero-order chi connectivity index (χ0) is 24.3. The van der Waals surface area contributed by atoms with Gasteiger partial charge in [-0.3, -0.25) is 0 Å². The smallest absolute Gasteiger partial charge is 0.143 e. The maximum Gasteiger partial charge on any atom is 0.143 e. The third-order valence-electron chi connectivity index (χ3n) is 5.54. The predicted octanol–water partition coefficient (Wildman–Crippen LogP) is 10.3. The molecule has 0 aliphatic carbocycles. The first-order valence-corrected chi connectivity index (χ1v) is 13.2. The van der Waals surface area contributed by atoms with E-state index in [4.69, 9.17) is 14.2 Å². The Hall–Kier alpha value is -4.06. The summed E-state index contributed by atoms with van der Waals surface area (Å²) >= 11 is 3.54. The molecule has 3 nitrogen and oxygen atoms in total. The summed E-state index contributed by atoms with van der Waals surface area (Å²) in [4.78, 5) is 2.38. The van der Waals surface area contributed by atoms with E-state index in [2.05, 4.69) is 19.1 Å². The number of benzene rings is 4. The average molecular weight is 507 g/mol. The Bertz CT molecular complexity index is 1510. The minimum atomic E-state index is 0.635. The monoisotopic (exact) mass is 506 g/mol. The molecule has 0 aliphatic heterocycles. The fourth-order valence-corrected chi connectivity index (χ4v) is 6.34. The lowest BCUT2D eigenvalue weighted by atomic mass is 10.1. The number of hydrogen-bond acceptors (Lipinski definition) is 5. The summed E-state index contributed by atoms with van der Waals surface area (Å²) in [7, 11) is 0. The van der Waals surface area contributed by atoms with Gasteiger partial charge in [-0.2, -0.15) is 0 Å². The van der Waals surface area contributed by atoms with Crippen molar-refractivity contribution in [3.8, 4) is 44.9 Å². The van der Waals surface area contributed by atoms with Gasteiger partial charge in [-0.15, -0.1) is 22.7 Å². The first-order chi connectivity index (χ1) is 17.7. The Morgan fingerprint density at radius 1 is 0.472 bits per heavy atom. The molecule has 0 amide bonds. The molecule has 0 saturated heterocycles. The van der Waals surface area contributed by atoms with Crippen LogP contribution in [0, 0.1) is 6.92 Å². The van der Waals surface area contributed by atoms with Crippen molar-refractivity contribution in [2.45, 2.75) is 6.92 Å². The molecule has 0 bridgehead atoms. The quantitative estimate of drug-likeness (QED) is 0.215. The van der Waals surface area contributed by atoms with Crippen LogP contribution in [0.4, 0.5) is 0 Å². The molecule has 4 aromatic carbocycles.